The molecule has 4 rings (SSSR count). The fourth-order valence-corrected chi connectivity index (χ4v) is 3.38. The van der Waals surface area contributed by atoms with Crippen molar-refractivity contribution in [1.29, 1.82) is 0 Å². The number of hydrogen-bond acceptors (Lipinski definition) is 3. The summed E-state index contributed by atoms with van der Waals surface area (Å²) in [6.07, 6.45) is -4.44. The maximum absolute atomic E-state index is 12.8. The number of urea groups is 1. The van der Waals surface area contributed by atoms with Crippen molar-refractivity contribution in [3.05, 3.63) is 59.9 Å². The predicted molar refractivity (Wildman–Crippen MR) is 103 cm³/mol. The maximum atomic E-state index is 12.8. The molecule has 2 amide bonds. The number of fused-ring (bicyclic) bond motifs is 1. The van der Waals surface area contributed by atoms with Crippen LogP contribution in [0.3, 0.4) is 0 Å². The van der Waals surface area contributed by atoms with E-state index in [9.17, 15) is 18.0 Å². The van der Waals surface area contributed by atoms with E-state index in [1.807, 2.05) is 24.3 Å². The fraction of sp³-hybridized carbons (Fsp3) is 0.300. The van der Waals surface area contributed by atoms with E-state index in [4.69, 9.17) is 0 Å². The molecule has 0 saturated carbocycles. The van der Waals surface area contributed by atoms with E-state index in [0.29, 0.717) is 32.7 Å². The lowest BCUT2D eigenvalue weighted by Gasteiger charge is -2.34. The Morgan fingerprint density at radius 3 is 2.55 bits per heavy atom. The summed E-state index contributed by atoms with van der Waals surface area (Å²) in [6, 6.07) is 12.1. The van der Waals surface area contributed by atoms with Crippen molar-refractivity contribution in [3.63, 3.8) is 0 Å². The van der Waals surface area contributed by atoms with Gasteiger partial charge in [-0.1, -0.05) is 18.2 Å². The van der Waals surface area contributed by atoms with Crippen LogP contribution in [0.25, 0.3) is 11.0 Å². The largest absolute Gasteiger partial charge is 0.416 e. The normalized spacial score (nSPS) is 15.6. The molecule has 0 spiro atoms. The molecule has 1 fully saturated rings. The van der Waals surface area contributed by atoms with Crippen LogP contribution in [0.4, 0.5) is 23.7 Å². The minimum Gasteiger partial charge on any atom is -0.341 e. The van der Waals surface area contributed by atoms with Crippen molar-refractivity contribution in [2.75, 3.05) is 31.5 Å². The van der Waals surface area contributed by atoms with Gasteiger partial charge in [-0.2, -0.15) is 13.2 Å². The summed E-state index contributed by atoms with van der Waals surface area (Å²) < 4.78 is 38.4. The van der Waals surface area contributed by atoms with Crippen molar-refractivity contribution < 1.29 is 18.0 Å². The first-order valence-corrected chi connectivity index (χ1v) is 9.28. The molecule has 1 aromatic heterocycles. The maximum Gasteiger partial charge on any atom is 0.416 e. The number of anilines is 1. The van der Waals surface area contributed by atoms with Gasteiger partial charge in [0.1, 0.15) is 5.82 Å². The Morgan fingerprint density at radius 2 is 1.83 bits per heavy atom. The van der Waals surface area contributed by atoms with Gasteiger partial charge in [-0.05, 0) is 30.3 Å². The standard InChI is InChI=1S/C20H20F3N5O/c21-20(22,23)14-4-3-5-15(12-14)24-19(29)28-10-8-27(9-11-28)13-18-25-16-6-1-2-7-17(16)26-18/h1-7,12H,8-11,13H2,(H,24,29)(H,25,26). The molecule has 0 atom stereocenters. The third-order valence-electron chi connectivity index (χ3n) is 4.91. The van der Waals surface area contributed by atoms with Crippen LogP contribution in [-0.4, -0.2) is 52.0 Å². The van der Waals surface area contributed by atoms with E-state index in [0.717, 1.165) is 29.0 Å². The number of hydrogen-bond donors (Lipinski definition) is 2. The second-order valence-corrected chi connectivity index (χ2v) is 6.97. The molecule has 9 heteroatoms. The number of carbonyl (C=O) groups is 1. The second-order valence-electron chi connectivity index (χ2n) is 6.97. The molecule has 2 aromatic carbocycles. The van der Waals surface area contributed by atoms with Gasteiger partial charge in [0.25, 0.3) is 0 Å². The van der Waals surface area contributed by atoms with E-state index in [2.05, 4.69) is 20.2 Å². The Bertz CT molecular complexity index is 976. The summed E-state index contributed by atoms with van der Waals surface area (Å²) in [5.74, 6) is 0.869. The molecule has 152 valence electrons. The molecular formula is C20H20F3N5O. The van der Waals surface area contributed by atoms with Crippen LogP contribution in [0.5, 0.6) is 0 Å². The zero-order chi connectivity index (χ0) is 20.4. The Hall–Kier alpha value is -3.07. The summed E-state index contributed by atoms with van der Waals surface area (Å²) in [5.41, 5.74) is 1.25. The molecule has 1 aliphatic heterocycles. The van der Waals surface area contributed by atoms with Crippen molar-refractivity contribution in [1.82, 2.24) is 19.8 Å². The lowest BCUT2D eigenvalue weighted by molar-refractivity contribution is -0.137. The zero-order valence-electron chi connectivity index (χ0n) is 15.5. The summed E-state index contributed by atoms with van der Waals surface area (Å²) in [7, 11) is 0. The van der Waals surface area contributed by atoms with Gasteiger partial charge in [-0.15, -0.1) is 0 Å². The van der Waals surface area contributed by atoms with Gasteiger partial charge in [-0.25, -0.2) is 9.78 Å². The van der Waals surface area contributed by atoms with Crippen molar-refractivity contribution in [2.24, 2.45) is 0 Å². The smallest absolute Gasteiger partial charge is 0.341 e. The first-order chi connectivity index (χ1) is 13.9. The van der Waals surface area contributed by atoms with Gasteiger partial charge in [0.2, 0.25) is 0 Å². The van der Waals surface area contributed by atoms with Crippen molar-refractivity contribution >= 4 is 22.8 Å². The quantitative estimate of drug-likeness (QED) is 0.697. The van der Waals surface area contributed by atoms with E-state index in [-0.39, 0.29) is 5.69 Å². The lowest BCUT2D eigenvalue weighted by atomic mass is 10.2. The third kappa shape index (κ3) is 4.51. The van der Waals surface area contributed by atoms with Crippen LogP contribution in [0, 0.1) is 0 Å². The van der Waals surface area contributed by atoms with E-state index in [1.54, 1.807) is 4.90 Å². The Labute approximate surface area is 165 Å². The van der Waals surface area contributed by atoms with Crippen LogP contribution in [0.15, 0.2) is 48.5 Å². The summed E-state index contributed by atoms with van der Waals surface area (Å²) >= 11 is 0. The Kier molecular flexibility index (Phi) is 5.14. The number of nitrogens with one attached hydrogen (secondary N) is 2. The zero-order valence-corrected chi connectivity index (χ0v) is 15.5. The molecule has 2 heterocycles. The number of aromatic amines is 1. The predicted octanol–water partition coefficient (Wildman–Crippen LogP) is 3.93. The molecule has 0 unspecified atom stereocenters. The van der Waals surface area contributed by atoms with Gasteiger partial charge < -0.3 is 15.2 Å². The number of carbonyl (C=O) groups excluding carboxylic acids is 1. The number of benzene rings is 2. The highest BCUT2D eigenvalue weighted by Crippen LogP contribution is 2.30. The number of alkyl halides is 3. The SMILES string of the molecule is O=C(Nc1cccc(C(F)(F)F)c1)N1CCN(Cc2nc3ccccc3[nH]2)CC1. The summed E-state index contributed by atoms with van der Waals surface area (Å²) in [4.78, 5) is 24.1. The number of imidazole rings is 1. The molecule has 6 nitrogen and oxygen atoms in total. The Balaban J connectivity index is 1.31. The number of rotatable bonds is 3. The van der Waals surface area contributed by atoms with Crippen molar-refractivity contribution in [2.45, 2.75) is 12.7 Å². The molecule has 29 heavy (non-hydrogen) atoms. The number of halogens is 3. The molecule has 2 N–H and O–H groups in total. The minimum atomic E-state index is -4.44. The molecule has 0 bridgehead atoms. The lowest BCUT2D eigenvalue weighted by Crippen LogP contribution is -2.49. The van der Waals surface area contributed by atoms with Gasteiger partial charge in [0, 0.05) is 31.9 Å². The molecule has 3 aromatic rings. The number of H-pyrrole nitrogens is 1. The van der Waals surface area contributed by atoms with Crippen LogP contribution < -0.4 is 5.32 Å². The third-order valence-corrected chi connectivity index (χ3v) is 4.91. The average Bonchev–Trinajstić information content (AvgIpc) is 3.10. The summed E-state index contributed by atoms with van der Waals surface area (Å²) in [6.45, 7) is 2.95. The van der Waals surface area contributed by atoms with Gasteiger partial charge >= 0.3 is 12.2 Å². The first kappa shape index (κ1) is 19.3. The number of nitrogens with zero attached hydrogens (tertiary/aromatic N) is 3. The highest BCUT2D eigenvalue weighted by Gasteiger charge is 2.30. The molecule has 1 aliphatic rings. The molecule has 1 saturated heterocycles. The first-order valence-electron chi connectivity index (χ1n) is 9.28. The van der Waals surface area contributed by atoms with Crippen molar-refractivity contribution in [3.8, 4) is 0 Å². The monoisotopic (exact) mass is 403 g/mol. The number of piperazine rings is 1. The molecule has 0 radical (unpaired) electrons. The van der Waals surface area contributed by atoms with E-state index < -0.39 is 17.8 Å². The number of aromatic nitrogens is 2. The average molecular weight is 403 g/mol. The van der Waals surface area contributed by atoms with Crippen LogP contribution in [0.1, 0.15) is 11.4 Å². The second kappa shape index (κ2) is 7.75. The highest BCUT2D eigenvalue weighted by molar-refractivity contribution is 5.89. The van der Waals surface area contributed by atoms with E-state index in [1.165, 1.54) is 12.1 Å². The highest BCUT2D eigenvalue weighted by atomic mass is 19.4. The molecular weight excluding hydrogens is 383 g/mol. The van der Waals surface area contributed by atoms with Gasteiger partial charge in [0.15, 0.2) is 0 Å². The molecule has 0 aliphatic carbocycles. The fourth-order valence-electron chi connectivity index (χ4n) is 3.38. The Morgan fingerprint density at radius 1 is 1.07 bits per heavy atom. The van der Waals surface area contributed by atoms with Gasteiger partial charge in [-0.3, -0.25) is 4.90 Å². The number of amides is 2. The van der Waals surface area contributed by atoms with Gasteiger partial charge in [0.05, 0.1) is 23.1 Å². The topological polar surface area (TPSA) is 64.3 Å². The van der Waals surface area contributed by atoms with Crippen LogP contribution in [0.2, 0.25) is 0 Å². The van der Waals surface area contributed by atoms with Crippen LogP contribution in [-0.2, 0) is 12.7 Å². The van der Waals surface area contributed by atoms with E-state index >= 15 is 0 Å². The number of para-hydroxylation sites is 2. The van der Waals surface area contributed by atoms with Crippen LogP contribution >= 0.6 is 0 Å². The minimum absolute atomic E-state index is 0.134. The summed E-state index contributed by atoms with van der Waals surface area (Å²) in [5, 5.41) is 2.56.